The molecule has 9 aromatic rings. The molecule has 0 bridgehead atoms. The smallest absolute Gasteiger partial charge is 0.333 e. The van der Waals surface area contributed by atoms with Gasteiger partial charge in [0.1, 0.15) is 11.2 Å². The summed E-state index contributed by atoms with van der Waals surface area (Å²) in [5.41, 5.74) is 25.3. The molecule has 3 heterocycles. The number of furan rings is 1. The van der Waals surface area contributed by atoms with Gasteiger partial charge < -0.3 is 14.1 Å². The predicted octanol–water partition coefficient (Wildman–Crippen LogP) is 16.6. The molecule has 3 nitrogen and oxygen atoms in total. The van der Waals surface area contributed by atoms with Crippen LogP contribution >= 0.6 is 0 Å². The molecule has 0 spiro atoms. The van der Waals surface area contributed by atoms with Gasteiger partial charge in [-0.15, -0.1) is 0 Å². The van der Waals surface area contributed by atoms with Gasteiger partial charge in [-0.3, -0.25) is 0 Å². The summed E-state index contributed by atoms with van der Waals surface area (Å²) >= 11 is 0. The van der Waals surface area contributed by atoms with Crippen LogP contribution in [-0.2, 0) is 21.7 Å². The van der Waals surface area contributed by atoms with Crippen LogP contribution in [0.25, 0.3) is 55.3 Å². The molecule has 1 aromatic heterocycles. The van der Waals surface area contributed by atoms with E-state index in [2.05, 4.69) is 230 Å². The largest absolute Gasteiger partial charge is 0.456 e. The molecule has 0 saturated heterocycles. The Balaban J connectivity index is 1.19. The van der Waals surface area contributed by atoms with Gasteiger partial charge in [-0.05, 0) is 169 Å². The topological polar surface area (TPSA) is 19.6 Å². The summed E-state index contributed by atoms with van der Waals surface area (Å²) in [5, 5.41) is 2.32. The maximum absolute atomic E-state index is 7.09. The van der Waals surface area contributed by atoms with E-state index < -0.39 is 0 Å². The van der Waals surface area contributed by atoms with E-state index in [0.29, 0.717) is 0 Å². The Morgan fingerprint density at radius 1 is 0.449 bits per heavy atom. The van der Waals surface area contributed by atoms with E-state index in [9.17, 15) is 0 Å². The van der Waals surface area contributed by atoms with Gasteiger partial charge in [0, 0.05) is 33.7 Å². The number of rotatable bonds is 4. The van der Waals surface area contributed by atoms with Crippen LogP contribution in [0.5, 0.6) is 0 Å². The highest BCUT2D eigenvalue weighted by Crippen LogP contribution is 2.56. The quantitative estimate of drug-likeness (QED) is 0.164. The number of anilines is 5. The lowest BCUT2D eigenvalue weighted by atomic mass is 9.43. The van der Waals surface area contributed by atoms with Gasteiger partial charge >= 0.3 is 6.85 Å². The first-order chi connectivity index (χ1) is 33.1. The van der Waals surface area contributed by atoms with E-state index >= 15 is 0 Å². The van der Waals surface area contributed by atoms with Crippen LogP contribution in [0.2, 0.25) is 0 Å². The van der Waals surface area contributed by atoms with Crippen molar-refractivity contribution in [1.29, 1.82) is 0 Å². The normalized spacial score (nSPS) is 17.8. The molecule has 4 aliphatic rings. The number of benzene rings is 8. The Morgan fingerprint density at radius 2 is 0.971 bits per heavy atom. The maximum Gasteiger partial charge on any atom is 0.333 e. The highest BCUT2D eigenvalue weighted by atomic mass is 16.3. The summed E-state index contributed by atoms with van der Waals surface area (Å²) < 4.78 is 7.09. The zero-order valence-corrected chi connectivity index (χ0v) is 41.7. The number of hydrogen-bond acceptors (Lipinski definition) is 3. The van der Waals surface area contributed by atoms with Gasteiger partial charge in [0.15, 0.2) is 0 Å². The van der Waals surface area contributed by atoms with Gasteiger partial charge in [0.25, 0.3) is 0 Å². The average Bonchev–Trinajstić information content (AvgIpc) is 3.73. The Labute approximate surface area is 408 Å². The lowest BCUT2D eigenvalue weighted by Gasteiger charge is -2.49. The fourth-order valence-electron chi connectivity index (χ4n) is 13.0. The molecule has 340 valence electrons. The molecule has 0 amide bonds. The van der Waals surface area contributed by atoms with Gasteiger partial charge in [-0.25, -0.2) is 0 Å². The van der Waals surface area contributed by atoms with Crippen LogP contribution in [0.4, 0.5) is 28.4 Å². The first kappa shape index (κ1) is 42.3. The second-order valence-corrected chi connectivity index (χ2v) is 23.5. The third-order valence-corrected chi connectivity index (χ3v) is 17.3. The van der Waals surface area contributed by atoms with Crippen molar-refractivity contribution in [1.82, 2.24) is 0 Å². The Morgan fingerprint density at radius 3 is 1.61 bits per heavy atom. The molecule has 13 rings (SSSR count). The molecule has 0 N–H and O–H groups in total. The first-order valence-electron chi connectivity index (χ1n) is 25.4. The molecule has 0 fully saturated rings. The zero-order valence-electron chi connectivity index (χ0n) is 41.7. The summed E-state index contributed by atoms with van der Waals surface area (Å²) in [4.78, 5) is 5.40. The second-order valence-electron chi connectivity index (χ2n) is 23.5. The summed E-state index contributed by atoms with van der Waals surface area (Å²) in [6.45, 7) is 21.9. The summed E-state index contributed by atoms with van der Waals surface area (Å²) in [7, 11) is 0. The van der Waals surface area contributed by atoms with E-state index in [-0.39, 0.29) is 28.5 Å². The van der Waals surface area contributed by atoms with Crippen molar-refractivity contribution in [3.05, 3.63) is 186 Å². The van der Waals surface area contributed by atoms with Crippen molar-refractivity contribution in [3.8, 4) is 33.4 Å². The van der Waals surface area contributed by atoms with Crippen LogP contribution in [0.15, 0.2) is 162 Å². The molecular formula is C65H61BN2O. The monoisotopic (exact) mass is 896 g/mol. The summed E-state index contributed by atoms with van der Waals surface area (Å²) in [6.07, 6.45) is 4.62. The van der Waals surface area contributed by atoms with Crippen LogP contribution in [0.3, 0.4) is 0 Å². The molecule has 8 aromatic carbocycles. The minimum atomic E-state index is -0.148. The maximum atomic E-state index is 7.09. The second kappa shape index (κ2) is 14.6. The van der Waals surface area contributed by atoms with Crippen LogP contribution in [0.1, 0.15) is 109 Å². The van der Waals surface area contributed by atoms with Crippen molar-refractivity contribution in [3.63, 3.8) is 0 Å². The first-order valence-corrected chi connectivity index (χ1v) is 25.4. The van der Waals surface area contributed by atoms with E-state index in [1.807, 2.05) is 0 Å². The minimum absolute atomic E-state index is 0.0228. The Bertz CT molecular complexity index is 3580. The molecule has 2 aliphatic heterocycles. The van der Waals surface area contributed by atoms with Crippen molar-refractivity contribution < 1.29 is 4.42 Å². The number of para-hydroxylation sites is 1. The third-order valence-electron chi connectivity index (χ3n) is 17.3. The molecule has 0 atom stereocenters. The molecule has 69 heavy (non-hydrogen) atoms. The van der Waals surface area contributed by atoms with Gasteiger partial charge in [0.2, 0.25) is 0 Å². The molecule has 2 aliphatic carbocycles. The third kappa shape index (κ3) is 6.26. The summed E-state index contributed by atoms with van der Waals surface area (Å²) in [6, 6.07) is 59.9. The predicted molar refractivity (Wildman–Crippen MR) is 294 cm³/mol. The van der Waals surface area contributed by atoms with Crippen LogP contribution in [-0.4, -0.2) is 6.85 Å². The van der Waals surface area contributed by atoms with Gasteiger partial charge in [-0.2, -0.15) is 0 Å². The van der Waals surface area contributed by atoms with Crippen LogP contribution < -0.4 is 20.6 Å². The van der Waals surface area contributed by atoms with E-state index in [1.54, 1.807) is 0 Å². The van der Waals surface area contributed by atoms with Crippen molar-refractivity contribution in [2.24, 2.45) is 0 Å². The van der Waals surface area contributed by atoms with E-state index in [4.69, 9.17) is 4.42 Å². The highest BCUT2D eigenvalue weighted by molar-refractivity contribution is 6.94. The molecular weight excluding hydrogens is 836 g/mol. The number of nitrogens with zero attached hydrogens (tertiary/aromatic N) is 2. The van der Waals surface area contributed by atoms with Crippen molar-refractivity contribution in [2.75, 3.05) is 9.71 Å². The standard InChI is InChI=1S/C65H61BN2O/c1-40-34-49-51(64(6,7)32-30-62(49,2)3)38-54(40)67-56-35-44(42-20-14-11-15-21-42)26-29-53(56)66-60-48(37-58-59(61(60)67)46-22-16-17-23-57(46)69-58)47-36-50-52(65(8,9)33-31-63(50,4)5)39-55(47)68(66)45-27-24-43(25-28-45)41-18-12-10-13-19-41/h10-29,34-39H,30-33H2,1-9H3. The molecule has 0 unspecified atom stereocenters. The van der Waals surface area contributed by atoms with Crippen molar-refractivity contribution in [2.45, 2.75) is 110 Å². The van der Waals surface area contributed by atoms with E-state index in [1.165, 1.54) is 112 Å². The highest BCUT2D eigenvalue weighted by Gasteiger charge is 2.49. The van der Waals surface area contributed by atoms with Gasteiger partial charge in [0.05, 0.1) is 11.1 Å². The molecule has 4 heteroatoms. The minimum Gasteiger partial charge on any atom is -0.456 e. The number of aryl methyl sites for hydroxylation is 1. The van der Waals surface area contributed by atoms with Gasteiger partial charge in [-0.1, -0.05) is 165 Å². The zero-order chi connectivity index (χ0) is 47.4. The summed E-state index contributed by atoms with van der Waals surface area (Å²) in [5.74, 6) is 0. The van der Waals surface area contributed by atoms with Crippen LogP contribution in [0, 0.1) is 6.92 Å². The number of fused-ring (bicyclic) bond motifs is 10. The van der Waals surface area contributed by atoms with E-state index in [0.717, 1.165) is 35.8 Å². The Hall–Kier alpha value is -6.78. The lowest BCUT2D eigenvalue weighted by Crippen LogP contribution is -2.61. The molecule has 0 radical (unpaired) electrons. The lowest BCUT2D eigenvalue weighted by molar-refractivity contribution is 0.332. The average molecular weight is 897 g/mol. The molecule has 0 saturated carbocycles. The number of hydrogen-bond donors (Lipinski definition) is 0. The fraction of sp³-hybridized carbons (Fsp3) is 0.262. The SMILES string of the molecule is Cc1cc2c(cc1N1c3cc(-c4ccccc4)ccc3B3c4c(cc5oc6ccccc6c5c41)-c1cc4c(cc1N3c1ccc(-c3ccccc3)cc1)C(C)(C)CCC4(C)C)C(C)(C)CCC2(C)C. The fourth-order valence-corrected chi connectivity index (χ4v) is 13.0. The van der Waals surface area contributed by atoms with Crippen molar-refractivity contribution >= 4 is 68.1 Å². The Kier molecular flexibility index (Phi) is 8.97.